The van der Waals surface area contributed by atoms with Crippen molar-refractivity contribution >= 4 is 29.8 Å². The molecule has 1 saturated heterocycles. The van der Waals surface area contributed by atoms with E-state index < -0.39 is 7.21 Å². The van der Waals surface area contributed by atoms with Gasteiger partial charge in [-0.25, -0.2) is 4.74 Å². The predicted octanol–water partition coefficient (Wildman–Crippen LogP) is 5.19. The second-order valence-corrected chi connectivity index (χ2v) is 12.6. The van der Waals surface area contributed by atoms with E-state index in [1.807, 2.05) is 6.07 Å². The minimum Gasteiger partial charge on any atom is -0.379 e. The fraction of sp³-hybridized carbons (Fsp3) is 0.435. The van der Waals surface area contributed by atoms with Crippen molar-refractivity contribution in [3.63, 3.8) is 0 Å². The fourth-order valence-electron chi connectivity index (χ4n) is 3.90. The first kappa shape index (κ1) is 22.2. The molecule has 2 aromatic carbocycles. The molecule has 2 aromatic rings. The number of ether oxygens (including phenoxy) is 1. The average molecular weight is 430 g/mol. The zero-order valence-corrected chi connectivity index (χ0v) is 19.5. The van der Waals surface area contributed by atoms with E-state index in [-0.39, 0.29) is 11.2 Å². The number of nitrogens with one attached hydrogen (secondary N) is 1. The second-order valence-electron chi connectivity index (χ2n) is 8.36. The maximum Gasteiger partial charge on any atom is 0.193 e. The van der Waals surface area contributed by atoms with Crippen molar-refractivity contribution in [1.29, 1.82) is 0 Å². The quantitative estimate of drug-likeness (QED) is 0.536. The maximum absolute atomic E-state index is 5.81. The van der Waals surface area contributed by atoms with Crippen LogP contribution in [0.1, 0.15) is 39.3 Å². The summed E-state index contributed by atoms with van der Waals surface area (Å²) in [4.78, 5) is 0. The Morgan fingerprint density at radius 2 is 1.59 bits per heavy atom. The van der Waals surface area contributed by atoms with Crippen molar-refractivity contribution in [3.8, 4) is 0 Å². The first-order valence-corrected chi connectivity index (χ1v) is 12.3. The Bertz CT molecular complexity index is 859. The van der Waals surface area contributed by atoms with E-state index in [1.165, 1.54) is 10.9 Å². The number of benzene rings is 2. The molecule has 0 aromatic heterocycles. The summed E-state index contributed by atoms with van der Waals surface area (Å²) in [7, 11) is -2.14. The molecule has 156 valence electrons. The molecule has 1 heterocycles. The monoisotopic (exact) mass is 429 g/mol. The highest BCUT2D eigenvalue weighted by atomic mass is 32.1. The van der Waals surface area contributed by atoms with Crippen molar-refractivity contribution in [2.75, 3.05) is 26.3 Å². The molecule has 0 amide bonds. The summed E-state index contributed by atoms with van der Waals surface area (Å²) in [5.41, 5.74) is 1.20. The van der Waals surface area contributed by atoms with Crippen LogP contribution in [0.2, 0.25) is 0 Å². The van der Waals surface area contributed by atoms with Crippen LogP contribution in [-0.2, 0) is 4.74 Å². The summed E-state index contributed by atoms with van der Waals surface area (Å²) < 4.78 is 13.5. The van der Waals surface area contributed by atoms with Crippen LogP contribution < -0.4 is 10.6 Å². The zero-order chi connectivity index (χ0) is 20.9. The molecule has 0 spiro atoms. The Hall–Kier alpha value is -1.52. The van der Waals surface area contributed by atoms with Gasteiger partial charge in [-0.3, -0.25) is 4.67 Å². The summed E-state index contributed by atoms with van der Waals surface area (Å²) in [5.74, 6) is 0. The molecular formula is C23H32N3OPS. The van der Waals surface area contributed by atoms with E-state index in [4.69, 9.17) is 21.7 Å². The van der Waals surface area contributed by atoms with E-state index in [2.05, 4.69) is 92.3 Å². The number of hydrogen-bond acceptors (Lipinski definition) is 2. The summed E-state index contributed by atoms with van der Waals surface area (Å²) in [6.07, 6.45) is 0. The van der Waals surface area contributed by atoms with Gasteiger partial charge in [-0.05, 0) is 24.7 Å². The smallest absolute Gasteiger partial charge is 0.193 e. The SMILES string of the molecule is C[C@@H](NC(=S)N=[P@@](c1ccccc1)(N1CCOCC1)C(C)(C)C)c1ccccc1. The number of nitrogens with zero attached hydrogens (tertiary/aromatic N) is 2. The molecule has 3 rings (SSSR count). The molecule has 1 aliphatic heterocycles. The second kappa shape index (κ2) is 9.53. The van der Waals surface area contributed by atoms with Gasteiger partial charge in [0.2, 0.25) is 0 Å². The minimum atomic E-state index is -2.14. The molecule has 29 heavy (non-hydrogen) atoms. The fourth-order valence-corrected chi connectivity index (χ4v) is 8.57. The van der Waals surface area contributed by atoms with Gasteiger partial charge in [0.1, 0.15) is 0 Å². The highest BCUT2D eigenvalue weighted by molar-refractivity contribution is 7.81. The molecule has 0 radical (unpaired) electrons. The summed E-state index contributed by atoms with van der Waals surface area (Å²) in [6.45, 7) is 12.2. The Morgan fingerprint density at radius 3 is 2.14 bits per heavy atom. The molecule has 0 aliphatic carbocycles. The summed E-state index contributed by atoms with van der Waals surface area (Å²) >= 11 is 5.81. The van der Waals surface area contributed by atoms with Crippen molar-refractivity contribution in [3.05, 3.63) is 66.2 Å². The molecular weight excluding hydrogens is 397 g/mol. The van der Waals surface area contributed by atoms with Gasteiger partial charge in [-0.15, -0.1) is 0 Å². The van der Waals surface area contributed by atoms with Gasteiger partial charge in [0.25, 0.3) is 0 Å². The van der Waals surface area contributed by atoms with Gasteiger partial charge < -0.3 is 10.1 Å². The zero-order valence-electron chi connectivity index (χ0n) is 17.8. The van der Waals surface area contributed by atoms with E-state index in [0.717, 1.165) is 26.3 Å². The Balaban J connectivity index is 2.05. The van der Waals surface area contributed by atoms with Crippen LogP contribution in [0.4, 0.5) is 0 Å². The van der Waals surface area contributed by atoms with Crippen molar-refractivity contribution in [2.45, 2.75) is 38.9 Å². The van der Waals surface area contributed by atoms with E-state index in [9.17, 15) is 0 Å². The summed E-state index contributed by atoms with van der Waals surface area (Å²) in [6, 6.07) is 21.2. The predicted molar refractivity (Wildman–Crippen MR) is 128 cm³/mol. The number of thiocarbonyl (C=S) groups is 1. The van der Waals surface area contributed by atoms with Crippen molar-refractivity contribution in [2.24, 2.45) is 4.74 Å². The van der Waals surface area contributed by atoms with Crippen LogP contribution in [0.25, 0.3) is 0 Å². The molecule has 4 nitrogen and oxygen atoms in total. The molecule has 0 unspecified atom stereocenters. The van der Waals surface area contributed by atoms with Crippen LogP contribution >= 0.6 is 19.4 Å². The number of rotatable bonds is 4. The largest absolute Gasteiger partial charge is 0.379 e. The van der Waals surface area contributed by atoms with Crippen LogP contribution in [0, 0.1) is 0 Å². The topological polar surface area (TPSA) is 36.9 Å². The lowest BCUT2D eigenvalue weighted by molar-refractivity contribution is 0.0738. The molecule has 1 N–H and O–H groups in total. The van der Waals surface area contributed by atoms with Gasteiger partial charge in [0.05, 0.1) is 26.5 Å². The van der Waals surface area contributed by atoms with Crippen LogP contribution in [0.3, 0.4) is 0 Å². The van der Waals surface area contributed by atoms with Crippen LogP contribution in [-0.4, -0.2) is 41.2 Å². The lowest BCUT2D eigenvalue weighted by Crippen LogP contribution is -2.43. The Kier molecular flexibility index (Phi) is 7.28. The molecule has 1 fully saturated rings. The van der Waals surface area contributed by atoms with Crippen molar-refractivity contribution in [1.82, 2.24) is 9.99 Å². The van der Waals surface area contributed by atoms with E-state index in [1.54, 1.807) is 0 Å². The van der Waals surface area contributed by atoms with Gasteiger partial charge in [0.15, 0.2) is 5.11 Å². The Morgan fingerprint density at radius 1 is 1.03 bits per heavy atom. The molecule has 0 saturated carbocycles. The third-order valence-electron chi connectivity index (χ3n) is 5.32. The first-order chi connectivity index (χ1) is 13.8. The number of morpholine rings is 1. The molecule has 0 bridgehead atoms. The van der Waals surface area contributed by atoms with Gasteiger partial charge in [-0.1, -0.05) is 81.4 Å². The summed E-state index contributed by atoms with van der Waals surface area (Å²) in [5, 5.41) is 5.26. The van der Waals surface area contributed by atoms with Crippen LogP contribution in [0.5, 0.6) is 0 Å². The van der Waals surface area contributed by atoms with Gasteiger partial charge in [-0.2, -0.15) is 0 Å². The highest BCUT2D eigenvalue weighted by Crippen LogP contribution is 2.62. The highest BCUT2D eigenvalue weighted by Gasteiger charge is 2.42. The van der Waals surface area contributed by atoms with Gasteiger partial charge >= 0.3 is 0 Å². The third-order valence-corrected chi connectivity index (χ3v) is 10.3. The molecule has 2 atom stereocenters. The third kappa shape index (κ3) is 4.97. The van der Waals surface area contributed by atoms with E-state index >= 15 is 0 Å². The molecule has 6 heteroatoms. The van der Waals surface area contributed by atoms with Crippen molar-refractivity contribution < 1.29 is 4.74 Å². The first-order valence-electron chi connectivity index (χ1n) is 10.2. The normalized spacial score (nSPS) is 18.5. The standard InChI is InChI=1S/C23H32N3OPS/c1-19(20-11-7-5-8-12-20)24-22(29)25-28(23(2,3)4,21-13-9-6-10-14-21)26-15-17-27-18-16-26/h5-14,19H,15-18H2,1-4H3,(H,24,29)/t19-,28+/m1/s1. The lowest BCUT2D eigenvalue weighted by Gasteiger charge is -2.46. The molecule has 1 aliphatic rings. The van der Waals surface area contributed by atoms with Gasteiger partial charge in [0, 0.05) is 23.6 Å². The minimum absolute atomic E-state index is 0.0621. The Labute approximate surface area is 180 Å². The lowest BCUT2D eigenvalue weighted by atomic mass is 10.1. The van der Waals surface area contributed by atoms with Crippen LogP contribution in [0.15, 0.2) is 65.4 Å². The number of hydrogen-bond donors (Lipinski definition) is 1. The average Bonchev–Trinajstić information content (AvgIpc) is 2.73. The van der Waals surface area contributed by atoms with E-state index in [0.29, 0.717) is 5.11 Å². The maximum atomic E-state index is 5.81.